The number of ether oxygens (including phenoxy) is 1. The van der Waals surface area contributed by atoms with Crippen LogP contribution in [0.2, 0.25) is 0 Å². The molecule has 126 valence electrons. The maximum Gasteiger partial charge on any atom is 0.193 e. The molecule has 1 aliphatic heterocycles. The first kappa shape index (κ1) is 19.7. The maximum absolute atomic E-state index is 5.72. The predicted octanol–water partition coefficient (Wildman–Crippen LogP) is 3.38. The van der Waals surface area contributed by atoms with E-state index in [2.05, 4.69) is 41.6 Å². The van der Waals surface area contributed by atoms with Crippen LogP contribution in [0, 0.1) is 0 Å². The summed E-state index contributed by atoms with van der Waals surface area (Å²) in [4.78, 5) is 8.56. The van der Waals surface area contributed by atoms with Crippen LogP contribution >= 0.6 is 35.3 Å². The van der Waals surface area contributed by atoms with Crippen molar-refractivity contribution in [2.24, 2.45) is 4.99 Å². The lowest BCUT2D eigenvalue weighted by Crippen LogP contribution is -2.47. The zero-order valence-electron chi connectivity index (χ0n) is 13.6. The molecular formula is C16H28IN3OS. The van der Waals surface area contributed by atoms with Crippen LogP contribution in [-0.2, 0) is 11.2 Å². The fourth-order valence-corrected chi connectivity index (χ4v) is 3.32. The fraction of sp³-hybridized carbons (Fsp3) is 0.688. The van der Waals surface area contributed by atoms with Crippen molar-refractivity contribution in [3.8, 4) is 0 Å². The van der Waals surface area contributed by atoms with E-state index in [1.165, 1.54) is 4.88 Å². The number of hydrogen-bond donors (Lipinski definition) is 1. The van der Waals surface area contributed by atoms with Gasteiger partial charge in [-0.05, 0) is 38.1 Å². The Morgan fingerprint density at radius 2 is 2.18 bits per heavy atom. The molecular weight excluding hydrogens is 409 g/mol. The van der Waals surface area contributed by atoms with Crippen molar-refractivity contribution >= 4 is 41.3 Å². The molecule has 0 spiro atoms. The summed E-state index contributed by atoms with van der Waals surface area (Å²) in [5.74, 6) is 1.06. The quantitative estimate of drug-likeness (QED) is 0.421. The lowest BCUT2D eigenvalue weighted by atomic mass is 10.1. The Bertz CT molecular complexity index is 417. The largest absolute Gasteiger partial charge is 0.378 e. The zero-order chi connectivity index (χ0) is 14.9. The predicted molar refractivity (Wildman–Crippen MR) is 106 cm³/mol. The van der Waals surface area contributed by atoms with Gasteiger partial charge < -0.3 is 15.0 Å². The first-order chi connectivity index (χ1) is 10.3. The molecule has 1 aromatic heterocycles. The van der Waals surface area contributed by atoms with Gasteiger partial charge in [-0.25, -0.2) is 0 Å². The molecule has 0 saturated carbocycles. The third-order valence-corrected chi connectivity index (χ3v) is 4.61. The van der Waals surface area contributed by atoms with Crippen LogP contribution in [0.4, 0.5) is 0 Å². The number of nitrogens with one attached hydrogen (secondary N) is 1. The molecule has 1 aliphatic rings. The van der Waals surface area contributed by atoms with Gasteiger partial charge in [-0.1, -0.05) is 6.07 Å². The Balaban J connectivity index is 0.00000242. The summed E-state index contributed by atoms with van der Waals surface area (Å²) in [5, 5.41) is 5.55. The Hall–Kier alpha value is -0.340. The fourth-order valence-electron chi connectivity index (χ4n) is 2.62. The second kappa shape index (κ2) is 11.2. The standard InChI is InChI=1S/C16H27N3OS.HI/c1-3-17-16(18-10-7-15-6-5-13-21-15)19-11-8-14(9-12-19)20-4-2;/h5-6,13-14H,3-4,7-12H2,1-2H3,(H,17,18);1H. The summed E-state index contributed by atoms with van der Waals surface area (Å²) < 4.78 is 5.72. The second-order valence-electron chi connectivity index (χ2n) is 5.21. The zero-order valence-corrected chi connectivity index (χ0v) is 16.7. The minimum Gasteiger partial charge on any atom is -0.378 e. The minimum atomic E-state index is 0. The van der Waals surface area contributed by atoms with Gasteiger partial charge in [0.05, 0.1) is 6.10 Å². The van der Waals surface area contributed by atoms with Crippen molar-refractivity contribution in [2.75, 3.05) is 32.8 Å². The van der Waals surface area contributed by atoms with Crippen LogP contribution in [0.1, 0.15) is 31.6 Å². The summed E-state index contributed by atoms with van der Waals surface area (Å²) in [6.07, 6.45) is 3.66. The Morgan fingerprint density at radius 3 is 2.77 bits per heavy atom. The summed E-state index contributed by atoms with van der Waals surface area (Å²) in [6.45, 7) is 8.87. The van der Waals surface area contributed by atoms with E-state index in [1.807, 2.05) is 11.3 Å². The van der Waals surface area contributed by atoms with Crippen molar-refractivity contribution < 1.29 is 4.74 Å². The highest BCUT2D eigenvalue weighted by Crippen LogP contribution is 2.14. The van der Waals surface area contributed by atoms with E-state index in [-0.39, 0.29) is 24.0 Å². The van der Waals surface area contributed by atoms with E-state index in [0.717, 1.165) is 58.0 Å². The van der Waals surface area contributed by atoms with Gasteiger partial charge in [0.1, 0.15) is 0 Å². The molecule has 22 heavy (non-hydrogen) atoms. The summed E-state index contributed by atoms with van der Waals surface area (Å²) >= 11 is 1.81. The molecule has 0 atom stereocenters. The third kappa shape index (κ3) is 6.42. The number of piperidine rings is 1. The number of aliphatic imine (C=N–C) groups is 1. The van der Waals surface area contributed by atoms with Crippen molar-refractivity contribution in [3.63, 3.8) is 0 Å². The van der Waals surface area contributed by atoms with E-state index in [0.29, 0.717) is 6.10 Å². The monoisotopic (exact) mass is 437 g/mol. The highest BCUT2D eigenvalue weighted by molar-refractivity contribution is 14.0. The van der Waals surface area contributed by atoms with Crippen molar-refractivity contribution in [3.05, 3.63) is 22.4 Å². The molecule has 0 amide bonds. The minimum absolute atomic E-state index is 0. The molecule has 1 N–H and O–H groups in total. The molecule has 1 saturated heterocycles. The van der Waals surface area contributed by atoms with Crippen molar-refractivity contribution in [2.45, 2.75) is 39.2 Å². The van der Waals surface area contributed by atoms with E-state index >= 15 is 0 Å². The summed E-state index contributed by atoms with van der Waals surface area (Å²) in [5.41, 5.74) is 0. The molecule has 0 aromatic carbocycles. The molecule has 4 nitrogen and oxygen atoms in total. The average molecular weight is 437 g/mol. The number of halogens is 1. The normalized spacial score (nSPS) is 16.5. The number of hydrogen-bond acceptors (Lipinski definition) is 3. The number of rotatable bonds is 6. The van der Waals surface area contributed by atoms with Crippen molar-refractivity contribution in [1.82, 2.24) is 10.2 Å². The average Bonchev–Trinajstić information content (AvgIpc) is 3.01. The van der Waals surface area contributed by atoms with E-state index < -0.39 is 0 Å². The smallest absolute Gasteiger partial charge is 0.193 e. The van der Waals surface area contributed by atoms with Gasteiger partial charge in [-0.2, -0.15) is 0 Å². The number of guanidine groups is 1. The maximum atomic E-state index is 5.72. The Labute approximate surface area is 155 Å². The van der Waals surface area contributed by atoms with Crippen LogP contribution in [-0.4, -0.2) is 49.7 Å². The van der Waals surface area contributed by atoms with Crippen LogP contribution < -0.4 is 5.32 Å². The summed E-state index contributed by atoms with van der Waals surface area (Å²) in [7, 11) is 0. The molecule has 6 heteroatoms. The number of nitrogens with zero attached hydrogens (tertiary/aromatic N) is 2. The highest BCUT2D eigenvalue weighted by atomic mass is 127. The van der Waals surface area contributed by atoms with E-state index in [9.17, 15) is 0 Å². The van der Waals surface area contributed by atoms with Gasteiger partial charge >= 0.3 is 0 Å². The third-order valence-electron chi connectivity index (χ3n) is 3.68. The van der Waals surface area contributed by atoms with Gasteiger partial charge in [0.25, 0.3) is 0 Å². The lowest BCUT2D eigenvalue weighted by molar-refractivity contribution is 0.0264. The van der Waals surface area contributed by atoms with Gasteiger partial charge in [0.15, 0.2) is 5.96 Å². The van der Waals surface area contributed by atoms with Crippen LogP contribution in [0.15, 0.2) is 22.5 Å². The van der Waals surface area contributed by atoms with Gasteiger partial charge in [-0.3, -0.25) is 4.99 Å². The lowest BCUT2D eigenvalue weighted by Gasteiger charge is -2.34. The first-order valence-electron chi connectivity index (χ1n) is 8.00. The summed E-state index contributed by atoms with van der Waals surface area (Å²) in [6, 6.07) is 4.29. The Kier molecular flexibility index (Phi) is 10.1. The number of likely N-dealkylation sites (tertiary alicyclic amines) is 1. The molecule has 2 rings (SSSR count). The molecule has 2 heterocycles. The Morgan fingerprint density at radius 1 is 1.41 bits per heavy atom. The van der Waals surface area contributed by atoms with Gasteiger partial charge in [0, 0.05) is 44.1 Å². The molecule has 0 unspecified atom stereocenters. The van der Waals surface area contributed by atoms with Crippen LogP contribution in [0.25, 0.3) is 0 Å². The van der Waals surface area contributed by atoms with E-state index in [1.54, 1.807) is 0 Å². The topological polar surface area (TPSA) is 36.9 Å². The first-order valence-corrected chi connectivity index (χ1v) is 8.88. The number of thiophene rings is 1. The van der Waals surface area contributed by atoms with Crippen molar-refractivity contribution in [1.29, 1.82) is 0 Å². The molecule has 1 aromatic rings. The van der Waals surface area contributed by atoms with Crippen LogP contribution in [0.3, 0.4) is 0 Å². The molecule has 0 aliphatic carbocycles. The van der Waals surface area contributed by atoms with Gasteiger partial charge in [-0.15, -0.1) is 35.3 Å². The molecule has 1 fully saturated rings. The highest BCUT2D eigenvalue weighted by Gasteiger charge is 2.21. The SMILES string of the molecule is CCNC(=NCCc1cccs1)N1CCC(OCC)CC1.I. The molecule has 0 bridgehead atoms. The molecule has 0 radical (unpaired) electrons. The van der Waals surface area contributed by atoms with Gasteiger partial charge in [0.2, 0.25) is 0 Å². The van der Waals surface area contributed by atoms with E-state index in [4.69, 9.17) is 9.73 Å². The van der Waals surface area contributed by atoms with Crippen LogP contribution in [0.5, 0.6) is 0 Å². The second-order valence-corrected chi connectivity index (χ2v) is 6.24.